The fraction of sp³-hybridized carbons (Fsp3) is 0.857. The van der Waals surface area contributed by atoms with Gasteiger partial charge in [-0.1, -0.05) is 70.9 Å². The number of rotatable bonds is 9. The van der Waals surface area contributed by atoms with Crippen LogP contribution < -0.4 is 0 Å². The van der Waals surface area contributed by atoms with Gasteiger partial charge in [0.1, 0.15) is 0 Å². The second kappa shape index (κ2) is 8.11. The van der Waals surface area contributed by atoms with Gasteiger partial charge < -0.3 is 0 Å². The Balaban J connectivity index is 2.66. The molecule has 0 bridgehead atoms. The number of hydrogen-bond donors (Lipinski definition) is 0. The zero-order valence-corrected chi connectivity index (χ0v) is 13.4. The maximum atomic E-state index is 6.18. The predicted molar refractivity (Wildman–Crippen MR) is 80.6 cm³/mol. The van der Waals surface area contributed by atoms with E-state index < -0.39 is 0 Å². The van der Waals surface area contributed by atoms with E-state index in [9.17, 15) is 0 Å². The van der Waals surface area contributed by atoms with Gasteiger partial charge in [-0.05, 0) is 12.8 Å². The molecule has 18 heavy (non-hydrogen) atoms. The average molecular weight is 289 g/mol. The molecule has 0 aromatic carbocycles. The summed E-state index contributed by atoms with van der Waals surface area (Å²) >= 11 is 7.42. The van der Waals surface area contributed by atoms with Crippen molar-refractivity contribution in [3.8, 4) is 0 Å². The highest BCUT2D eigenvalue weighted by Crippen LogP contribution is 2.37. The number of unbranched alkanes of at least 4 members (excludes halogenated alkanes) is 4. The maximum absolute atomic E-state index is 6.18. The van der Waals surface area contributed by atoms with Crippen molar-refractivity contribution in [3.05, 3.63) is 10.8 Å². The first kappa shape index (κ1) is 15.9. The summed E-state index contributed by atoms with van der Waals surface area (Å²) in [4.78, 5) is 0. The predicted octanol–water partition coefficient (Wildman–Crippen LogP) is 5.61. The Morgan fingerprint density at radius 1 is 1.00 bits per heavy atom. The summed E-state index contributed by atoms with van der Waals surface area (Å²) in [7, 11) is 0. The van der Waals surface area contributed by atoms with Gasteiger partial charge in [0.25, 0.3) is 0 Å². The summed E-state index contributed by atoms with van der Waals surface area (Å²) in [6, 6.07) is 0. The van der Waals surface area contributed by atoms with Crippen molar-refractivity contribution < 1.29 is 0 Å². The molecule has 1 heterocycles. The van der Waals surface area contributed by atoms with Crippen molar-refractivity contribution >= 4 is 23.3 Å². The van der Waals surface area contributed by atoms with Gasteiger partial charge in [0.05, 0.1) is 17.4 Å². The van der Waals surface area contributed by atoms with Gasteiger partial charge in [-0.15, -0.1) is 0 Å². The monoisotopic (exact) mass is 288 g/mol. The second-order valence-corrected chi connectivity index (χ2v) is 6.26. The van der Waals surface area contributed by atoms with Crippen LogP contribution in [0.3, 0.4) is 0 Å². The molecule has 1 atom stereocenters. The summed E-state index contributed by atoms with van der Waals surface area (Å²) < 4.78 is 8.57. The van der Waals surface area contributed by atoms with Crippen molar-refractivity contribution in [1.29, 1.82) is 0 Å². The van der Waals surface area contributed by atoms with Crippen LogP contribution in [0.25, 0.3) is 0 Å². The Morgan fingerprint density at radius 2 is 1.67 bits per heavy atom. The number of nitrogens with zero attached hydrogens (tertiary/aromatic N) is 2. The van der Waals surface area contributed by atoms with E-state index in [-0.39, 0.29) is 5.41 Å². The molecule has 1 unspecified atom stereocenters. The molecule has 2 nitrogen and oxygen atoms in total. The van der Waals surface area contributed by atoms with Crippen molar-refractivity contribution in [2.75, 3.05) is 0 Å². The maximum Gasteiger partial charge on any atom is 0.166 e. The lowest BCUT2D eigenvalue weighted by atomic mass is 9.77. The molecule has 0 spiro atoms. The number of aromatic nitrogens is 2. The highest BCUT2D eigenvalue weighted by atomic mass is 35.5. The van der Waals surface area contributed by atoms with E-state index in [0.717, 1.165) is 5.69 Å². The van der Waals surface area contributed by atoms with E-state index in [1.54, 1.807) is 0 Å². The van der Waals surface area contributed by atoms with E-state index in [2.05, 4.69) is 29.5 Å². The van der Waals surface area contributed by atoms with Crippen LogP contribution in [-0.4, -0.2) is 8.75 Å². The van der Waals surface area contributed by atoms with Gasteiger partial charge in [-0.2, -0.15) is 8.75 Å². The van der Waals surface area contributed by atoms with Crippen LogP contribution in [0.15, 0.2) is 0 Å². The van der Waals surface area contributed by atoms with Gasteiger partial charge in [0.2, 0.25) is 0 Å². The minimum absolute atomic E-state index is 0.119. The first-order valence-corrected chi connectivity index (χ1v) is 8.23. The van der Waals surface area contributed by atoms with Gasteiger partial charge in [0, 0.05) is 5.41 Å². The number of halogens is 1. The molecule has 4 heteroatoms. The van der Waals surface area contributed by atoms with Crippen LogP contribution in [0.2, 0.25) is 5.15 Å². The third-order valence-corrected chi connectivity index (χ3v) is 4.58. The SMILES string of the molecule is CCCCCCC(C)(CCCC)c1nsnc1Cl. The average Bonchev–Trinajstić information content (AvgIpc) is 2.79. The van der Waals surface area contributed by atoms with Crippen molar-refractivity contribution in [2.24, 2.45) is 0 Å². The molecule has 0 N–H and O–H groups in total. The highest BCUT2D eigenvalue weighted by molar-refractivity contribution is 6.99. The minimum atomic E-state index is 0.119. The highest BCUT2D eigenvalue weighted by Gasteiger charge is 2.30. The van der Waals surface area contributed by atoms with Crippen LogP contribution >= 0.6 is 23.3 Å². The normalized spacial score (nSPS) is 14.7. The third kappa shape index (κ3) is 4.51. The quantitative estimate of drug-likeness (QED) is 0.552. The molecule has 0 aliphatic heterocycles. The lowest BCUT2D eigenvalue weighted by Crippen LogP contribution is -2.23. The fourth-order valence-electron chi connectivity index (χ4n) is 2.41. The van der Waals surface area contributed by atoms with E-state index in [1.165, 1.54) is 63.1 Å². The molecule has 0 radical (unpaired) electrons. The lowest BCUT2D eigenvalue weighted by molar-refractivity contribution is 0.362. The van der Waals surface area contributed by atoms with Crippen LogP contribution in [-0.2, 0) is 5.41 Å². The molecule has 1 aromatic heterocycles. The largest absolute Gasteiger partial charge is 0.176 e. The topological polar surface area (TPSA) is 25.8 Å². The van der Waals surface area contributed by atoms with Crippen molar-refractivity contribution in [1.82, 2.24) is 8.75 Å². The molecule has 0 amide bonds. The standard InChI is InChI=1S/C14H25ClN2S/c1-4-6-8-9-11-14(3,10-7-5-2)12-13(15)17-18-16-12/h4-11H2,1-3H3. The first-order valence-electron chi connectivity index (χ1n) is 7.12. The smallest absolute Gasteiger partial charge is 0.166 e. The van der Waals surface area contributed by atoms with Gasteiger partial charge in [0.15, 0.2) is 5.15 Å². The van der Waals surface area contributed by atoms with Crippen molar-refractivity contribution in [3.63, 3.8) is 0 Å². The number of hydrogen-bond acceptors (Lipinski definition) is 3. The summed E-state index contributed by atoms with van der Waals surface area (Å²) in [6.45, 7) is 6.78. The Morgan fingerprint density at radius 3 is 2.22 bits per heavy atom. The molecule has 1 aromatic rings. The molecule has 1 rings (SSSR count). The molecule has 0 saturated heterocycles. The molecular formula is C14H25ClN2S. The van der Waals surface area contributed by atoms with Crippen LogP contribution in [0.4, 0.5) is 0 Å². The van der Waals surface area contributed by atoms with Crippen LogP contribution in [0.5, 0.6) is 0 Å². The van der Waals surface area contributed by atoms with Crippen LogP contribution in [0, 0.1) is 0 Å². The Labute approximate surface area is 120 Å². The Bertz CT molecular complexity index is 340. The summed E-state index contributed by atoms with van der Waals surface area (Å²) in [5.41, 5.74) is 1.15. The molecular weight excluding hydrogens is 264 g/mol. The fourth-order valence-corrected chi connectivity index (χ4v) is 3.41. The lowest BCUT2D eigenvalue weighted by Gasteiger charge is -2.28. The summed E-state index contributed by atoms with van der Waals surface area (Å²) in [6.07, 6.45) is 9.99. The summed E-state index contributed by atoms with van der Waals surface area (Å²) in [5, 5.41) is 0.620. The Kier molecular flexibility index (Phi) is 7.16. The Hall–Kier alpha value is -0.150. The van der Waals surface area contributed by atoms with Gasteiger partial charge >= 0.3 is 0 Å². The molecule has 0 aliphatic carbocycles. The molecule has 0 aliphatic rings. The minimum Gasteiger partial charge on any atom is -0.176 e. The molecule has 0 saturated carbocycles. The zero-order valence-electron chi connectivity index (χ0n) is 11.8. The first-order chi connectivity index (χ1) is 8.64. The molecule has 0 fully saturated rings. The second-order valence-electron chi connectivity index (χ2n) is 5.38. The van der Waals surface area contributed by atoms with Gasteiger partial charge in [-0.3, -0.25) is 0 Å². The van der Waals surface area contributed by atoms with Gasteiger partial charge in [-0.25, -0.2) is 0 Å². The van der Waals surface area contributed by atoms with E-state index >= 15 is 0 Å². The summed E-state index contributed by atoms with van der Waals surface area (Å²) in [5.74, 6) is 0. The molecule has 104 valence electrons. The van der Waals surface area contributed by atoms with Crippen LogP contribution in [0.1, 0.15) is 77.8 Å². The van der Waals surface area contributed by atoms with E-state index in [4.69, 9.17) is 11.6 Å². The third-order valence-electron chi connectivity index (χ3n) is 3.68. The zero-order chi connectivity index (χ0) is 13.4. The van der Waals surface area contributed by atoms with E-state index in [0.29, 0.717) is 5.15 Å². The van der Waals surface area contributed by atoms with Crippen molar-refractivity contribution in [2.45, 2.75) is 77.6 Å². The van der Waals surface area contributed by atoms with E-state index in [1.807, 2.05) is 0 Å².